The average molecular weight is 857 g/mol. The quantitative estimate of drug-likeness (QED) is 0.140. The molecular weight excluding hydrogens is 817 g/mol. The zero-order valence-corrected chi connectivity index (χ0v) is 33.1. The number of rotatable bonds is 10. The summed E-state index contributed by atoms with van der Waals surface area (Å²) in [6.45, 7) is 3.07. The van der Waals surface area contributed by atoms with Crippen molar-refractivity contribution >= 4 is 49.4 Å². The summed E-state index contributed by atoms with van der Waals surface area (Å²) in [6.07, 6.45) is -5.00. The van der Waals surface area contributed by atoms with Crippen LogP contribution in [0.15, 0.2) is 41.2 Å². The maximum Gasteiger partial charge on any atom is 0.268 e. The van der Waals surface area contributed by atoms with Gasteiger partial charge in [-0.25, -0.2) is 49.1 Å². The number of fused-ring (bicyclic) bond motifs is 2. The number of nitrogens with two attached hydrogens (primary N) is 1. The SMILES string of the molecule is Cc1cc(C2(F)CCC(F)(F)CC2)nc2nc([C@@H](N)Cc3cc(F)cc(F)c3)n(-c3ccc(Cl)c4c(NS(C)(=O)=O)nn([C@@H](C)CN5C[C@H](F)C[C@H](F)C5)c34)c(=O)c12. The fourth-order valence-electron chi connectivity index (χ4n) is 8.06. The number of halogens is 8. The van der Waals surface area contributed by atoms with Gasteiger partial charge in [-0.15, -0.1) is 0 Å². The Balaban J connectivity index is 1.48. The number of anilines is 1. The van der Waals surface area contributed by atoms with Crippen LogP contribution in [0.25, 0.3) is 27.6 Å². The molecule has 2 fully saturated rings. The normalized spacial score (nSPS) is 21.0. The molecule has 1 saturated carbocycles. The summed E-state index contributed by atoms with van der Waals surface area (Å²) in [5, 5.41) is 4.49. The van der Waals surface area contributed by atoms with Gasteiger partial charge in [0, 0.05) is 45.0 Å². The van der Waals surface area contributed by atoms with Crippen molar-refractivity contribution in [3.05, 3.63) is 86.1 Å². The number of benzene rings is 2. The molecular formula is C38H40ClF7N8O3S. The molecule has 0 spiro atoms. The number of pyridine rings is 1. The van der Waals surface area contributed by atoms with Gasteiger partial charge in [-0.05, 0) is 74.6 Å². The lowest BCUT2D eigenvalue weighted by molar-refractivity contribution is -0.0784. The zero-order chi connectivity index (χ0) is 42.1. The lowest BCUT2D eigenvalue weighted by Gasteiger charge is -2.33. The number of hydrogen-bond acceptors (Lipinski definition) is 8. The van der Waals surface area contributed by atoms with Crippen LogP contribution >= 0.6 is 11.6 Å². The van der Waals surface area contributed by atoms with E-state index in [0.717, 1.165) is 23.0 Å². The average Bonchev–Trinajstić information content (AvgIpc) is 3.47. The number of likely N-dealkylation sites (tertiary alicyclic amines) is 1. The highest BCUT2D eigenvalue weighted by atomic mass is 35.5. The van der Waals surface area contributed by atoms with E-state index in [-0.39, 0.29) is 93.6 Å². The van der Waals surface area contributed by atoms with E-state index >= 15 is 4.39 Å². The fourth-order valence-corrected chi connectivity index (χ4v) is 8.79. The van der Waals surface area contributed by atoms with Crippen LogP contribution in [-0.4, -0.2) is 81.8 Å². The van der Waals surface area contributed by atoms with Crippen LogP contribution in [0, 0.1) is 18.6 Å². The van der Waals surface area contributed by atoms with Crippen molar-refractivity contribution in [1.29, 1.82) is 0 Å². The molecule has 1 aliphatic heterocycles. The van der Waals surface area contributed by atoms with Gasteiger partial charge in [0.1, 0.15) is 29.8 Å². The van der Waals surface area contributed by atoms with Crippen molar-refractivity contribution in [3.8, 4) is 5.69 Å². The number of alkyl halides is 5. The summed E-state index contributed by atoms with van der Waals surface area (Å²) in [4.78, 5) is 25.6. The monoisotopic (exact) mass is 856 g/mol. The summed E-state index contributed by atoms with van der Waals surface area (Å²) < 4.78 is 132. The highest BCUT2D eigenvalue weighted by molar-refractivity contribution is 7.92. The molecule has 58 heavy (non-hydrogen) atoms. The van der Waals surface area contributed by atoms with E-state index < -0.39 is 88.9 Å². The van der Waals surface area contributed by atoms with Crippen molar-refractivity contribution in [3.63, 3.8) is 0 Å². The lowest BCUT2D eigenvalue weighted by Crippen LogP contribution is -2.44. The first-order valence-electron chi connectivity index (χ1n) is 18.5. The first-order valence-corrected chi connectivity index (χ1v) is 20.8. The minimum Gasteiger partial charge on any atom is -0.321 e. The molecule has 5 aromatic rings. The molecule has 7 rings (SSSR count). The first-order chi connectivity index (χ1) is 27.1. The zero-order valence-electron chi connectivity index (χ0n) is 31.6. The Kier molecular flexibility index (Phi) is 11.1. The molecule has 2 aliphatic rings. The van der Waals surface area contributed by atoms with Crippen molar-refractivity contribution in [2.45, 2.75) is 88.4 Å². The third-order valence-electron chi connectivity index (χ3n) is 10.7. The molecule has 0 unspecified atom stereocenters. The highest BCUT2D eigenvalue weighted by Gasteiger charge is 2.46. The Morgan fingerprint density at radius 1 is 0.983 bits per heavy atom. The largest absolute Gasteiger partial charge is 0.321 e. The second-order valence-corrected chi connectivity index (χ2v) is 17.7. The minimum absolute atomic E-state index is 0.00522. The minimum atomic E-state index is -3.98. The van der Waals surface area contributed by atoms with Crippen LogP contribution in [0.4, 0.5) is 36.6 Å². The fraction of sp³-hybridized carbons (Fsp3) is 0.474. The smallest absolute Gasteiger partial charge is 0.268 e. The predicted octanol–water partition coefficient (Wildman–Crippen LogP) is 7.30. The Bertz CT molecular complexity index is 2550. The number of sulfonamides is 1. The van der Waals surface area contributed by atoms with E-state index in [1.807, 2.05) is 0 Å². The summed E-state index contributed by atoms with van der Waals surface area (Å²) in [6, 6.07) is 4.82. The molecule has 3 aromatic heterocycles. The second-order valence-electron chi connectivity index (χ2n) is 15.5. The van der Waals surface area contributed by atoms with Crippen LogP contribution in [0.1, 0.15) is 73.8 Å². The lowest BCUT2D eigenvalue weighted by atomic mass is 9.81. The maximum atomic E-state index is 16.4. The molecule has 1 aliphatic carbocycles. The molecule has 0 radical (unpaired) electrons. The van der Waals surface area contributed by atoms with Gasteiger partial charge in [0.15, 0.2) is 17.1 Å². The molecule has 312 valence electrons. The summed E-state index contributed by atoms with van der Waals surface area (Å²) in [7, 11) is -3.98. The van der Waals surface area contributed by atoms with Gasteiger partial charge in [-0.3, -0.25) is 23.7 Å². The molecule has 4 atom stereocenters. The van der Waals surface area contributed by atoms with E-state index in [1.165, 1.54) is 29.8 Å². The van der Waals surface area contributed by atoms with Gasteiger partial charge in [0.05, 0.1) is 51.0 Å². The van der Waals surface area contributed by atoms with E-state index in [1.54, 1.807) is 11.8 Å². The summed E-state index contributed by atoms with van der Waals surface area (Å²) in [5.41, 5.74) is 3.61. The van der Waals surface area contributed by atoms with Gasteiger partial charge >= 0.3 is 0 Å². The molecule has 20 heteroatoms. The van der Waals surface area contributed by atoms with Gasteiger partial charge < -0.3 is 5.73 Å². The van der Waals surface area contributed by atoms with Crippen LogP contribution < -0.4 is 16.0 Å². The number of hydrogen-bond donors (Lipinski definition) is 2. The maximum absolute atomic E-state index is 16.4. The summed E-state index contributed by atoms with van der Waals surface area (Å²) >= 11 is 6.73. The van der Waals surface area contributed by atoms with Gasteiger partial charge in [0.2, 0.25) is 15.9 Å². The van der Waals surface area contributed by atoms with Gasteiger partial charge in [-0.2, -0.15) is 5.10 Å². The molecule has 1 saturated heterocycles. The van der Waals surface area contributed by atoms with Crippen LogP contribution in [-0.2, 0) is 22.1 Å². The van der Waals surface area contributed by atoms with Crippen molar-refractivity contribution in [2.24, 2.45) is 5.73 Å². The topological polar surface area (TPSA) is 141 Å². The number of nitrogens with zero attached hydrogens (tertiary/aromatic N) is 6. The van der Waals surface area contributed by atoms with E-state index in [4.69, 9.17) is 17.3 Å². The van der Waals surface area contributed by atoms with Crippen LogP contribution in [0.2, 0.25) is 5.02 Å². The van der Waals surface area contributed by atoms with Crippen molar-refractivity contribution in [2.75, 3.05) is 30.6 Å². The Labute approximate surface area is 333 Å². The highest BCUT2D eigenvalue weighted by Crippen LogP contribution is 2.46. The Hall–Kier alpha value is -4.33. The second kappa shape index (κ2) is 15.4. The van der Waals surface area contributed by atoms with Crippen LogP contribution in [0.3, 0.4) is 0 Å². The van der Waals surface area contributed by atoms with E-state index in [0.29, 0.717) is 6.07 Å². The molecule has 4 heterocycles. The first kappa shape index (κ1) is 41.8. The standard InChI is InChI=1S/C38H40ClF7N8O3S/c1-19-10-29(37(44)6-8-38(45,46)9-7-37)48-33-30(19)36(55)53(35(49-33)27(47)13-21-11-22(40)14-23(41)12-21)28-5-4-26(39)31-32(28)54(50-34(31)51-58(3,56)57)20(2)16-52-17-24(42)15-25(43)18-52/h4-5,10-12,14,20,24-25,27H,6-9,13,15-18,47H2,1-3H3,(H,50,51)/t20-,24-,25+,27-/m0/s1. The van der Waals surface area contributed by atoms with E-state index in [2.05, 4.69) is 19.8 Å². The molecule has 0 amide bonds. The number of aryl methyl sites for hydroxylation is 1. The van der Waals surface area contributed by atoms with Crippen molar-refractivity contribution in [1.82, 2.24) is 29.2 Å². The molecule has 2 aromatic carbocycles. The molecule has 0 bridgehead atoms. The van der Waals surface area contributed by atoms with Gasteiger partial charge in [0.25, 0.3) is 5.56 Å². The number of aromatic nitrogens is 5. The van der Waals surface area contributed by atoms with Crippen LogP contribution in [0.5, 0.6) is 0 Å². The van der Waals surface area contributed by atoms with Gasteiger partial charge in [-0.1, -0.05) is 11.6 Å². The van der Waals surface area contributed by atoms with Crippen molar-refractivity contribution < 1.29 is 39.2 Å². The molecule has 3 N–H and O–H groups in total. The third-order valence-corrected chi connectivity index (χ3v) is 11.6. The number of nitrogens with one attached hydrogen (secondary N) is 1. The molecule has 11 nitrogen and oxygen atoms in total. The Morgan fingerprint density at radius 2 is 1.62 bits per heavy atom. The number of piperidine rings is 1. The third kappa shape index (κ3) is 8.40. The summed E-state index contributed by atoms with van der Waals surface area (Å²) in [5.74, 6) is -5.29. The van der Waals surface area contributed by atoms with E-state index in [9.17, 15) is 39.6 Å². The Morgan fingerprint density at radius 3 is 2.24 bits per heavy atom. The predicted molar refractivity (Wildman–Crippen MR) is 205 cm³/mol.